The summed E-state index contributed by atoms with van der Waals surface area (Å²) < 4.78 is 29.1. The summed E-state index contributed by atoms with van der Waals surface area (Å²) >= 11 is 0. The average Bonchev–Trinajstić information content (AvgIpc) is 2.92. The standard InChI is InChI=1S/C19H26N2O4S/c1-12-16-6-4-5-7-17(16)25-18(12)13(2)20-19(22)21-14-8-10-15(11-9-14)26(3,23)24/h4-7,13-15H,8-11H2,1-3H3,(H2,20,21,22). The third kappa shape index (κ3) is 4.03. The maximum Gasteiger partial charge on any atom is 0.315 e. The fourth-order valence-corrected chi connectivity index (χ4v) is 4.86. The molecule has 142 valence electrons. The minimum absolute atomic E-state index is 0.0111. The van der Waals surface area contributed by atoms with Crippen molar-refractivity contribution >= 4 is 26.8 Å². The van der Waals surface area contributed by atoms with Crippen LogP contribution >= 0.6 is 0 Å². The first-order valence-electron chi connectivity index (χ1n) is 8.99. The molecule has 0 aliphatic heterocycles. The van der Waals surface area contributed by atoms with Crippen LogP contribution in [0.15, 0.2) is 28.7 Å². The van der Waals surface area contributed by atoms with Crippen LogP contribution in [0.2, 0.25) is 0 Å². The van der Waals surface area contributed by atoms with Gasteiger partial charge in [-0.25, -0.2) is 13.2 Å². The van der Waals surface area contributed by atoms with E-state index >= 15 is 0 Å². The summed E-state index contributed by atoms with van der Waals surface area (Å²) in [6.45, 7) is 3.88. The maximum atomic E-state index is 12.3. The Morgan fingerprint density at radius 2 is 1.85 bits per heavy atom. The van der Waals surface area contributed by atoms with Gasteiger partial charge < -0.3 is 15.1 Å². The van der Waals surface area contributed by atoms with Crippen LogP contribution in [0.5, 0.6) is 0 Å². The van der Waals surface area contributed by atoms with Gasteiger partial charge in [0, 0.05) is 23.2 Å². The topological polar surface area (TPSA) is 88.4 Å². The van der Waals surface area contributed by atoms with Gasteiger partial charge in [0.2, 0.25) is 0 Å². The first-order valence-corrected chi connectivity index (χ1v) is 10.9. The Balaban J connectivity index is 1.57. The Morgan fingerprint density at radius 3 is 2.46 bits per heavy atom. The molecule has 6 nitrogen and oxygen atoms in total. The molecule has 1 fully saturated rings. The van der Waals surface area contributed by atoms with E-state index in [9.17, 15) is 13.2 Å². The van der Waals surface area contributed by atoms with Gasteiger partial charge in [-0.1, -0.05) is 18.2 Å². The average molecular weight is 378 g/mol. The van der Waals surface area contributed by atoms with Crippen LogP contribution in [0.25, 0.3) is 11.0 Å². The van der Waals surface area contributed by atoms with Gasteiger partial charge >= 0.3 is 6.03 Å². The number of para-hydroxylation sites is 1. The molecule has 1 unspecified atom stereocenters. The van der Waals surface area contributed by atoms with Crippen molar-refractivity contribution in [2.75, 3.05) is 6.26 Å². The second-order valence-electron chi connectivity index (χ2n) is 7.23. The van der Waals surface area contributed by atoms with Crippen LogP contribution in [-0.2, 0) is 9.84 Å². The molecule has 1 aromatic carbocycles. The molecular formula is C19H26N2O4S. The summed E-state index contributed by atoms with van der Waals surface area (Å²) in [5.74, 6) is 0.752. The normalized spacial score (nSPS) is 22.1. The molecule has 0 spiro atoms. The van der Waals surface area contributed by atoms with Gasteiger partial charge in [0.25, 0.3) is 0 Å². The van der Waals surface area contributed by atoms with Crippen molar-refractivity contribution in [2.45, 2.75) is 56.9 Å². The monoisotopic (exact) mass is 378 g/mol. The molecule has 7 heteroatoms. The molecular weight excluding hydrogens is 352 g/mol. The first kappa shape index (κ1) is 18.8. The fourth-order valence-electron chi connectivity index (χ4n) is 3.73. The minimum atomic E-state index is -2.99. The van der Waals surface area contributed by atoms with Crippen LogP contribution in [0.1, 0.15) is 50.0 Å². The Hall–Kier alpha value is -2.02. The number of carbonyl (C=O) groups excluding carboxylic acids is 1. The lowest BCUT2D eigenvalue weighted by atomic mass is 9.95. The number of aryl methyl sites for hydroxylation is 1. The second-order valence-corrected chi connectivity index (χ2v) is 9.56. The van der Waals surface area contributed by atoms with Crippen LogP contribution in [0.3, 0.4) is 0 Å². The van der Waals surface area contributed by atoms with E-state index in [1.807, 2.05) is 38.1 Å². The van der Waals surface area contributed by atoms with E-state index in [1.165, 1.54) is 6.26 Å². The number of rotatable bonds is 4. The zero-order valence-corrected chi connectivity index (χ0v) is 16.2. The van der Waals surface area contributed by atoms with Gasteiger partial charge in [-0.3, -0.25) is 0 Å². The summed E-state index contributed by atoms with van der Waals surface area (Å²) in [5.41, 5.74) is 1.84. The molecule has 1 heterocycles. The molecule has 1 aliphatic carbocycles. The number of benzene rings is 1. The van der Waals surface area contributed by atoms with E-state index < -0.39 is 9.84 Å². The molecule has 2 N–H and O–H groups in total. The quantitative estimate of drug-likeness (QED) is 0.853. The van der Waals surface area contributed by atoms with E-state index in [0.29, 0.717) is 25.7 Å². The largest absolute Gasteiger partial charge is 0.459 e. The molecule has 2 aromatic rings. The number of nitrogens with one attached hydrogen (secondary N) is 2. The molecule has 26 heavy (non-hydrogen) atoms. The van der Waals surface area contributed by atoms with Gasteiger partial charge in [-0.15, -0.1) is 0 Å². The summed E-state index contributed by atoms with van der Waals surface area (Å²) in [4.78, 5) is 12.3. The number of sulfone groups is 1. The third-order valence-corrected chi connectivity index (χ3v) is 6.92. The second kappa shape index (κ2) is 7.31. The van der Waals surface area contributed by atoms with Gasteiger partial charge in [0.1, 0.15) is 21.2 Å². The van der Waals surface area contributed by atoms with Gasteiger partial charge in [0.15, 0.2) is 0 Å². The molecule has 0 saturated heterocycles. The fraction of sp³-hybridized carbons (Fsp3) is 0.526. The summed E-state index contributed by atoms with van der Waals surface area (Å²) in [6.07, 6.45) is 3.85. The Morgan fingerprint density at radius 1 is 1.19 bits per heavy atom. The lowest BCUT2D eigenvalue weighted by Crippen LogP contribution is -2.45. The van der Waals surface area contributed by atoms with Crippen LogP contribution in [-0.4, -0.2) is 32.0 Å². The van der Waals surface area contributed by atoms with Crippen LogP contribution in [0.4, 0.5) is 4.79 Å². The number of amides is 2. The van der Waals surface area contributed by atoms with Crippen molar-refractivity contribution < 1.29 is 17.6 Å². The van der Waals surface area contributed by atoms with E-state index in [2.05, 4.69) is 10.6 Å². The van der Waals surface area contributed by atoms with E-state index in [1.54, 1.807) is 0 Å². The molecule has 0 radical (unpaired) electrons. The number of furan rings is 1. The Kier molecular flexibility index (Phi) is 5.27. The molecule has 2 amide bonds. The highest BCUT2D eigenvalue weighted by molar-refractivity contribution is 7.91. The van der Waals surface area contributed by atoms with Crippen molar-refractivity contribution in [3.05, 3.63) is 35.6 Å². The summed E-state index contributed by atoms with van der Waals surface area (Å²) in [6, 6.07) is 7.31. The van der Waals surface area contributed by atoms with Crippen LogP contribution < -0.4 is 10.6 Å². The SMILES string of the molecule is Cc1c(C(C)NC(=O)NC2CCC(S(C)(=O)=O)CC2)oc2ccccc12. The van der Waals surface area contributed by atoms with Crippen molar-refractivity contribution in [3.8, 4) is 0 Å². The van der Waals surface area contributed by atoms with E-state index in [-0.39, 0.29) is 23.4 Å². The molecule has 3 rings (SSSR count). The molecule has 1 aromatic heterocycles. The van der Waals surface area contributed by atoms with Crippen molar-refractivity contribution in [2.24, 2.45) is 0 Å². The highest BCUT2D eigenvalue weighted by Gasteiger charge is 2.29. The summed E-state index contributed by atoms with van der Waals surface area (Å²) in [7, 11) is -2.99. The summed E-state index contributed by atoms with van der Waals surface area (Å²) in [5, 5.41) is 6.66. The highest BCUT2D eigenvalue weighted by atomic mass is 32.2. The van der Waals surface area contributed by atoms with Gasteiger partial charge in [0.05, 0.1) is 11.3 Å². The smallest absolute Gasteiger partial charge is 0.315 e. The number of fused-ring (bicyclic) bond motifs is 1. The zero-order valence-electron chi connectivity index (χ0n) is 15.4. The number of hydrogen-bond acceptors (Lipinski definition) is 4. The third-order valence-electron chi connectivity index (χ3n) is 5.24. The van der Waals surface area contributed by atoms with Crippen LogP contribution in [0, 0.1) is 6.92 Å². The maximum absolute atomic E-state index is 12.3. The van der Waals surface area contributed by atoms with Gasteiger partial charge in [-0.2, -0.15) is 0 Å². The number of carbonyl (C=O) groups is 1. The predicted octanol–water partition coefficient (Wildman–Crippen LogP) is 3.46. The number of hydrogen-bond donors (Lipinski definition) is 2. The van der Waals surface area contributed by atoms with E-state index in [0.717, 1.165) is 22.3 Å². The molecule has 1 atom stereocenters. The first-order chi connectivity index (χ1) is 12.3. The van der Waals surface area contributed by atoms with Crippen molar-refractivity contribution in [1.82, 2.24) is 10.6 Å². The predicted molar refractivity (Wildman–Crippen MR) is 102 cm³/mol. The highest BCUT2D eigenvalue weighted by Crippen LogP contribution is 2.29. The Bertz CT molecular complexity index is 895. The Labute approximate surface area is 154 Å². The van der Waals surface area contributed by atoms with Gasteiger partial charge in [-0.05, 0) is 45.6 Å². The van der Waals surface area contributed by atoms with Crippen molar-refractivity contribution in [1.29, 1.82) is 0 Å². The van der Waals surface area contributed by atoms with E-state index in [4.69, 9.17) is 4.42 Å². The zero-order chi connectivity index (χ0) is 18.9. The number of urea groups is 1. The molecule has 1 saturated carbocycles. The lowest BCUT2D eigenvalue weighted by Gasteiger charge is -2.28. The molecule has 1 aliphatic rings. The lowest BCUT2D eigenvalue weighted by molar-refractivity contribution is 0.228. The van der Waals surface area contributed by atoms with Crippen molar-refractivity contribution in [3.63, 3.8) is 0 Å². The molecule has 0 bridgehead atoms. The minimum Gasteiger partial charge on any atom is -0.459 e.